The van der Waals surface area contributed by atoms with Crippen LogP contribution in [0.4, 0.5) is 10.3 Å². The number of rotatable bonds is 3. The first-order valence-electron chi connectivity index (χ1n) is 5.25. The molecule has 0 spiro atoms. The van der Waals surface area contributed by atoms with Gasteiger partial charge in [0.2, 0.25) is 11.8 Å². The van der Waals surface area contributed by atoms with E-state index in [-0.39, 0.29) is 5.75 Å². The van der Waals surface area contributed by atoms with Crippen LogP contribution >= 0.6 is 15.9 Å². The Balaban J connectivity index is 2.33. The van der Waals surface area contributed by atoms with E-state index in [9.17, 15) is 4.39 Å². The molecule has 0 atom stereocenters. The minimum atomic E-state index is -0.444. The van der Waals surface area contributed by atoms with Crippen molar-refractivity contribution in [2.24, 2.45) is 0 Å². The second-order valence-electron chi connectivity index (χ2n) is 3.60. The Morgan fingerprint density at radius 1 is 1.28 bits per heavy atom. The van der Waals surface area contributed by atoms with Crippen LogP contribution in [0.2, 0.25) is 0 Å². The van der Waals surface area contributed by atoms with Crippen molar-refractivity contribution >= 4 is 21.9 Å². The SMILES string of the molecule is CNc1nc(C)cc(Oc2cc(Br)ccc2F)n1. The summed E-state index contributed by atoms with van der Waals surface area (Å²) in [5, 5.41) is 2.81. The number of halogens is 2. The van der Waals surface area contributed by atoms with Gasteiger partial charge in [0, 0.05) is 23.3 Å². The zero-order valence-corrected chi connectivity index (χ0v) is 11.5. The standard InChI is InChI=1S/C12H11BrFN3O/c1-7-5-11(17-12(15-2)16-7)18-10-6-8(13)3-4-9(10)14/h3-6H,1-2H3,(H,15,16,17). The minimum Gasteiger partial charge on any atom is -0.436 e. The Morgan fingerprint density at radius 2 is 2.06 bits per heavy atom. The van der Waals surface area contributed by atoms with Gasteiger partial charge in [-0.25, -0.2) is 9.37 Å². The Hall–Kier alpha value is -1.69. The predicted molar refractivity (Wildman–Crippen MR) is 70.5 cm³/mol. The highest BCUT2D eigenvalue weighted by molar-refractivity contribution is 9.10. The second-order valence-corrected chi connectivity index (χ2v) is 4.51. The van der Waals surface area contributed by atoms with Crippen molar-refractivity contribution in [2.45, 2.75) is 6.92 Å². The van der Waals surface area contributed by atoms with E-state index in [1.54, 1.807) is 25.2 Å². The number of ether oxygens (including phenoxy) is 1. The quantitative estimate of drug-likeness (QED) is 0.942. The molecule has 2 rings (SSSR count). The number of aromatic nitrogens is 2. The van der Waals surface area contributed by atoms with Crippen molar-refractivity contribution < 1.29 is 9.13 Å². The van der Waals surface area contributed by atoms with Gasteiger partial charge >= 0.3 is 0 Å². The van der Waals surface area contributed by atoms with Gasteiger partial charge in [-0.1, -0.05) is 15.9 Å². The van der Waals surface area contributed by atoms with Crippen molar-refractivity contribution in [3.05, 3.63) is 40.2 Å². The topological polar surface area (TPSA) is 47.0 Å². The van der Waals surface area contributed by atoms with Crippen LogP contribution in [-0.2, 0) is 0 Å². The molecule has 0 saturated carbocycles. The van der Waals surface area contributed by atoms with Gasteiger partial charge in [0.25, 0.3) is 0 Å². The molecule has 1 aromatic carbocycles. The summed E-state index contributed by atoms with van der Waals surface area (Å²) < 4.78 is 19.7. The molecule has 0 aliphatic heterocycles. The Morgan fingerprint density at radius 3 is 2.78 bits per heavy atom. The molecule has 1 heterocycles. The third-order valence-corrected chi connectivity index (χ3v) is 2.66. The highest BCUT2D eigenvalue weighted by Gasteiger charge is 2.08. The first-order valence-corrected chi connectivity index (χ1v) is 6.04. The fourth-order valence-corrected chi connectivity index (χ4v) is 1.71. The van der Waals surface area contributed by atoms with E-state index in [4.69, 9.17) is 4.74 Å². The van der Waals surface area contributed by atoms with E-state index < -0.39 is 5.82 Å². The summed E-state index contributed by atoms with van der Waals surface area (Å²) in [5.41, 5.74) is 0.736. The van der Waals surface area contributed by atoms with Gasteiger partial charge in [0.1, 0.15) is 0 Å². The van der Waals surface area contributed by atoms with Gasteiger partial charge in [0.15, 0.2) is 11.6 Å². The molecule has 0 unspecified atom stereocenters. The van der Waals surface area contributed by atoms with Gasteiger partial charge < -0.3 is 10.1 Å². The molecular formula is C12H11BrFN3O. The van der Waals surface area contributed by atoms with Crippen LogP contribution in [0.1, 0.15) is 5.69 Å². The summed E-state index contributed by atoms with van der Waals surface area (Å²) in [4.78, 5) is 8.22. The molecule has 6 heteroatoms. The number of anilines is 1. The second kappa shape index (κ2) is 5.30. The molecule has 0 bridgehead atoms. The third kappa shape index (κ3) is 2.95. The highest BCUT2D eigenvalue weighted by Crippen LogP contribution is 2.27. The average Bonchev–Trinajstić information content (AvgIpc) is 2.33. The molecule has 0 saturated heterocycles. The summed E-state index contributed by atoms with van der Waals surface area (Å²) in [6.07, 6.45) is 0. The molecule has 94 valence electrons. The van der Waals surface area contributed by atoms with E-state index in [0.29, 0.717) is 11.8 Å². The molecule has 0 amide bonds. The van der Waals surface area contributed by atoms with Crippen LogP contribution in [0, 0.1) is 12.7 Å². The van der Waals surface area contributed by atoms with E-state index in [1.165, 1.54) is 6.07 Å². The first kappa shape index (κ1) is 12.8. The number of nitrogens with zero attached hydrogens (tertiary/aromatic N) is 2. The number of aryl methyl sites for hydroxylation is 1. The Kier molecular flexibility index (Phi) is 3.76. The molecule has 0 aliphatic carbocycles. The summed E-state index contributed by atoms with van der Waals surface area (Å²) in [6.45, 7) is 1.81. The normalized spacial score (nSPS) is 10.2. The molecule has 2 aromatic rings. The number of hydrogen-bond acceptors (Lipinski definition) is 4. The molecule has 0 aliphatic rings. The van der Waals surface area contributed by atoms with E-state index in [2.05, 4.69) is 31.2 Å². The molecule has 18 heavy (non-hydrogen) atoms. The van der Waals surface area contributed by atoms with Crippen LogP contribution < -0.4 is 10.1 Å². The Bertz CT molecular complexity index is 577. The van der Waals surface area contributed by atoms with Crippen molar-refractivity contribution in [3.8, 4) is 11.6 Å². The smallest absolute Gasteiger partial charge is 0.225 e. The van der Waals surface area contributed by atoms with Gasteiger partial charge in [0.05, 0.1) is 0 Å². The van der Waals surface area contributed by atoms with Crippen molar-refractivity contribution in [1.29, 1.82) is 0 Å². The summed E-state index contributed by atoms with van der Waals surface area (Å²) in [5.74, 6) is 0.397. The largest absolute Gasteiger partial charge is 0.436 e. The van der Waals surface area contributed by atoms with Crippen molar-refractivity contribution in [1.82, 2.24) is 9.97 Å². The molecule has 0 radical (unpaired) electrons. The first-order chi connectivity index (χ1) is 8.58. The fraction of sp³-hybridized carbons (Fsp3) is 0.167. The number of benzene rings is 1. The third-order valence-electron chi connectivity index (χ3n) is 2.16. The molecule has 1 N–H and O–H groups in total. The van der Waals surface area contributed by atoms with E-state index in [1.807, 2.05) is 6.92 Å². The predicted octanol–water partition coefficient (Wildman–Crippen LogP) is 3.52. The number of nitrogens with one attached hydrogen (secondary N) is 1. The lowest BCUT2D eigenvalue weighted by atomic mass is 10.3. The van der Waals surface area contributed by atoms with Crippen molar-refractivity contribution in [3.63, 3.8) is 0 Å². The lowest BCUT2D eigenvalue weighted by Crippen LogP contribution is -2.00. The molecular weight excluding hydrogens is 301 g/mol. The summed E-state index contributed by atoms with van der Waals surface area (Å²) in [6, 6.07) is 6.12. The highest BCUT2D eigenvalue weighted by atomic mass is 79.9. The molecule has 1 aromatic heterocycles. The maximum absolute atomic E-state index is 13.5. The monoisotopic (exact) mass is 311 g/mol. The van der Waals surface area contributed by atoms with E-state index >= 15 is 0 Å². The van der Waals surface area contributed by atoms with Crippen molar-refractivity contribution in [2.75, 3.05) is 12.4 Å². The fourth-order valence-electron chi connectivity index (χ4n) is 1.37. The van der Waals surface area contributed by atoms with Crippen LogP contribution in [0.5, 0.6) is 11.6 Å². The average molecular weight is 312 g/mol. The Labute approximate surface area is 112 Å². The molecule has 4 nitrogen and oxygen atoms in total. The zero-order valence-electron chi connectivity index (χ0n) is 9.87. The van der Waals surface area contributed by atoms with Crippen LogP contribution in [0.15, 0.2) is 28.7 Å². The minimum absolute atomic E-state index is 0.115. The summed E-state index contributed by atoms with van der Waals surface area (Å²) in [7, 11) is 1.71. The van der Waals surface area contributed by atoms with Gasteiger partial charge in [-0.05, 0) is 25.1 Å². The van der Waals surface area contributed by atoms with Gasteiger partial charge in [-0.2, -0.15) is 4.98 Å². The molecule has 0 fully saturated rings. The van der Waals surface area contributed by atoms with Crippen LogP contribution in [0.3, 0.4) is 0 Å². The van der Waals surface area contributed by atoms with Gasteiger partial charge in [-0.15, -0.1) is 0 Å². The van der Waals surface area contributed by atoms with Crippen LogP contribution in [-0.4, -0.2) is 17.0 Å². The zero-order chi connectivity index (χ0) is 13.1. The maximum atomic E-state index is 13.5. The van der Waals surface area contributed by atoms with E-state index in [0.717, 1.165) is 10.2 Å². The lowest BCUT2D eigenvalue weighted by molar-refractivity contribution is 0.426. The maximum Gasteiger partial charge on any atom is 0.225 e. The summed E-state index contributed by atoms with van der Waals surface area (Å²) >= 11 is 3.26. The lowest BCUT2D eigenvalue weighted by Gasteiger charge is -2.08. The van der Waals surface area contributed by atoms with Crippen LogP contribution in [0.25, 0.3) is 0 Å². The van der Waals surface area contributed by atoms with Gasteiger partial charge in [-0.3, -0.25) is 0 Å². The number of hydrogen-bond donors (Lipinski definition) is 1.